The third-order valence-electron chi connectivity index (χ3n) is 4.13. The predicted octanol–water partition coefficient (Wildman–Crippen LogP) is 1.10. The van der Waals surface area contributed by atoms with Gasteiger partial charge in [-0.3, -0.25) is 27.2 Å². The first-order chi connectivity index (χ1) is 15.5. The lowest BCUT2D eigenvalue weighted by Gasteiger charge is -2.24. The average Bonchev–Trinajstić information content (AvgIpc) is 3.17. The fraction of sp³-hybridized carbons (Fsp3) is 0.692. The highest BCUT2D eigenvalue weighted by atomic mass is 31.3. The molecule has 0 aliphatic carbocycles. The molecule has 1 saturated heterocycles. The molecule has 0 radical (unpaired) electrons. The van der Waals surface area contributed by atoms with Crippen LogP contribution in [0.5, 0.6) is 5.88 Å². The largest absolute Gasteiger partial charge is 0.492 e. The van der Waals surface area contributed by atoms with E-state index >= 15 is 0 Å². The van der Waals surface area contributed by atoms with Gasteiger partial charge in [0.05, 0.1) is 12.7 Å². The quantitative estimate of drug-likeness (QED) is 0.265. The van der Waals surface area contributed by atoms with Crippen LogP contribution in [0.3, 0.4) is 0 Å². The van der Waals surface area contributed by atoms with Gasteiger partial charge in [-0.25, -0.2) is 18.5 Å². The lowest BCUT2D eigenvalue weighted by molar-refractivity contribution is -0.0458. The van der Waals surface area contributed by atoms with Crippen LogP contribution in [0, 0.1) is 0 Å². The van der Waals surface area contributed by atoms with Gasteiger partial charge in [0.1, 0.15) is 12.3 Å². The summed E-state index contributed by atoms with van der Waals surface area (Å²) >= 11 is 0. The molecule has 1 fully saturated rings. The topological polar surface area (TPSA) is 215 Å². The van der Waals surface area contributed by atoms with Crippen molar-refractivity contribution in [2.24, 2.45) is 5.90 Å². The van der Waals surface area contributed by atoms with E-state index in [-0.39, 0.29) is 12.3 Å². The third kappa shape index (κ3) is 7.23. The van der Waals surface area contributed by atoms with Crippen molar-refractivity contribution >= 4 is 23.5 Å². The second kappa shape index (κ2) is 11.6. The molecular weight excluding hydrogens is 515 g/mol. The molecule has 1 aromatic heterocycles. The molecule has 0 aromatic carbocycles. The van der Waals surface area contributed by atoms with Crippen molar-refractivity contribution in [1.82, 2.24) is 9.55 Å². The summed E-state index contributed by atoms with van der Waals surface area (Å²) in [5.41, 5.74) is -0.762. The van der Waals surface area contributed by atoms with Gasteiger partial charge in [-0.15, -0.1) is 0 Å². The van der Waals surface area contributed by atoms with E-state index in [2.05, 4.69) is 32.2 Å². The standard InChI is InChI=1S/C13H24N3O14P3/c1-22-31(19,23-2)29-33(21,25-4)30-32(20,24-3)26-8-10-9(17)7-12(27-10)16-6-5-11(28-14)15-13(16)18/h5-6,9-10,12,17H,7-8,14H2,1-4H3/t9-,10?,12-,32?,33?/m1/s1. The van der Waals surface area contributed by atoms with Crippen LogP contribution in [-0.2, 0) is 49.7 Å². The zero-order valence-electron chi connectivity index (χ0n) is 17.9. The summed E-state index contributed by atoms with van der Waals surface area (Å²) in [5.74, 6) is 4.83. The van der Waals surface area contributed by atoms with E-state index in [9.17, 15) is 23.6 Å². The molecule has 20 heteroatoms. The van der Waals surface area contributed by atoms with Gasteiger partial charge in [0.2, 0.25) is 5.88 Å². The van der Waals surface area contributed by atoms with Crippen LogP contribution in [0.25, 0.3) is 0 Å². The lowest BCUT2D eigenvalue weighted by atomic mass is 10.2. The van der Waals surface area contributed by atoms with Crippen molar-refractivity contribution in [3.63, 3.8) is 0 Å². The van der Waals surface area contributed by atoms with Crippen LogP contribution in [0.2, 0.25) is 0 Å². The maximum Gasteiger partial charge on any atom is 0.492 e. The summed E-state index contributed by atoms with van der Waals surface area (Å²) in [6.07, 6.45) is -2.01. The summed E-state index contributed by atoms with van der Waals surface area (Å²) in [5, 5.41) is 10.2. The second-order valence-corrected chi connectivity index (χ2v) is 11.7. The first-order valence-electron chi connectivity index (χ1n) is 8.85. The number of ether oxygens (including phenoxy) is 1. The summed E-state index contributed by atoms with van der Waals surface area (Å²) in [7, 11) is -10.3. The fourth-order valence-corrected chi connectivity index (χ4v) is 6.91. The van der Waals surface area contributed by atoms with Gasteiger partial charge in [0.25, 0.3) is 0 Å². The van der Waals surface area contributed by atoms with Crippen LogP contribution in [-0.4, -0.2) is 61.9 Å². The summed E-state index contributed by atoms with van der Waals surface area (Å²) in [6, 6.07) is 1.30. The van der Waals surface area contributed by atoms with E-state index in [1.165, 1.54) is 12.3 Å². The van der Waals surface area contributed by atoms with Gasteiger partial charge in [0, 0.05) is 47.1 Å². The monoisotopic (exact) mass is 539 g/mol. The Morgan fingerprint density at radius 3 is 2.18 bits per heavy atom. The molecule has 0 bridgehead atoms. The average molecular weight is 539 g/mol. The third-order valence-corrected chi connectivity index (χ3v) is 9.59. The molecule has 1 aliphatic heterocycles. The second-order valence-electron chi connectivity index (χ2n) is 6.04. The molecule has 2 heterocycles. The van der Waals surface area contributed by atoms with Gasteiger partial charge in [-0.05, 0) is 0 Å². The van der Waals surface area contributed by atoms with Crippen LogP contribution in [0.1, 0.15) is 12.6 Å². The minimum atomic E-state index is -4.85. The first-order valence-corrected chi connectivity index (χ1v) is 13.2. The number of rotatable bonds is 13. The van der Waals surface area contributed by atoms with Gasteiger partial charge < -0.3 is 14.7 Å². The molecular formula is C13H24N3O14P3. The lowest BCUT2D eigenvalue weighted by Crippen LogP contribution is -2.28. The minimum absolute atomic E-state index is 0.0544. The molecule has 1 aromatic rings. The normalized spacial score (nSPS) is 24.8. The van der Waals surface area contributed by atoms with Gasteiger partial charge in [0.15, 0.2) is 0 Å². The van der Waals surface area contributed by atoms with Crippen molar-refractivity contribution in [3.8, 4) is 5.88 Å². The van der Waals surface area contributed by atoms with E-state index in [1.54, 1.807) is 0 Å². The summed E-state index contributed by atoms with van der Waals surface area (Å²) < 4.78 is 76.6. The highest BCUT2D eigenvalue weighted by molar-refractivity contribution is 7.67. The SMILES string of the molecule is COP(=O)(OC)OP(=O)(OC)OP(=O)(OC)OCC1O[C@@H](n2ccc(ON)nc2=O)C[C@H]1O. The molecule has 190 valence electrons. The summed E-state index contributed by atoms with van der Waals surface area (Å²) in [4.78, 5) is 20.0. The first kappa shape index (κ1) is 28.2. The van der Waals surface area contributed by atoms with Crippen molar-refractivity contribution in [2.75, 3.05) is 35.0 Å². The molecule has 0 amide bonds. The van der Waals surface area contributed by atoms with Crippen LogP contribution in [0.15, 0.2) is 17.1 Å². The number of hydrogen-bond donors (Lipinski definition) is 2. The van der Waals surface area contributed by atoms with Gasteiger partial charge in [-0.1, -0.05) is 0 Å². The van der Waals surface area contributed by atoms with Gasteiger partial charge >= 0.3 is 29.2 Å². The molecule has 2 rings (SSSR count). The number of aliphatic hydroxyl groups is 1. The number of aromatic nitrogens is 2. The van der Waals surface area contributed by atoms with Crippen LogP contribution < -0.4 is 16.4 Å². The number of aliphatic hydroxyl groups excluding tert-OH is 1. The van der Waals surface area contributed by atoms with Crippen molar-refractivity contribution in [3.05, 3.63) is 22.7 Å². The van der Waals surface area contributed by atoms with E-state index in [0.29, 0.717) is 0 Å². The molecule has 5 atom stereocenters. The Morgan fingerprint density at radius 1 is 1.09 bits per heavy atom. The number of phosphoric acid groups is 3. The maximum atomic E-state index is 12.8. The molecule has 17 nitrogen and oxygen atoms in total. The molecule has 3 unspecified atom stereocenters. The van der Waals surface area contributed by atoms with E-state index in [4.69, 9.17) is 19.5 Å². The van der Waals surface area contributed by atoms with Crippen molar-refractivity contribution in [2.45, 2.75) is 24.9 Å². The van der Waals surface area contributed by atoms with Gasteiger partial charge in [-0.2, -0.15) is 19.5 Å². The molecule has 3 N–H and O–H groups in total. The smallest absolute Gasteiger partial charge is 0.391 e. The number of hydrogen-bond acceptors (Lipinski definition) is 16. The van der Waals surface area contributed by atoms with E-state index in [0.717, 1.165) is 33.0 Å². The molecule has 0 spiro atoms. The van der Waals surface area contributed by atoms with E-state index in [1.807, 2.05) is 0 Å². The predicted molar refractivity (Wildman–Crippen MR) is 107 cm³/mol. The number of nitrogens with zero attached hydrogens (tertiary/aromatic N) is 2. The Morgan fingerprint density at radius 2 is 1.67 bits per heavy atom. The molecule has 1 aliphatic rings. The Labute approximate surface area is 187 Å². The Balaban J connectivity index is 2.08. The Bertz CT molecular complexity index is 996. The van der Waals surface area contributed by atoms with E-state index < -0.39 is 54.2 Å². The minimum Gasteiger partial charge on any atom is -0.391 e. The van der Waals surface area contributed by atoms with Crippen LogP contribution >= 0.6 is 23.5 Å². The fourth-order valence-electron chi connectivity index (χ4n) is 2.46. The molecule has 33 heavy (non-hydrogen) atoms. The zero-order chi connectivity index (χ0) is 24.9. The highest BCUT2D eigenvalue weighted by Crippen LogP contribution is 2.72. The Hall–Kier alpha value is -1.03. The zero-order valence-corrected chi connectivity index (χ0v) is 20.6. The van der Waals surface area contributed by atoms with Crippen molar-refractivity contribution < 1.29 is 59.6 Å². The molecule has 0 saturated carbocycles. The van der Waals surface area contributed by atoms with Crippen LogP contribution in [0.4, 0.5) is 0 Å². The number of nitrogens with two attached hydrogens (primary N) is 1. The highest BCUT2D eigenvalue weighted by Gasteiger charge is 2.46. The maximum absolute atomic E-state index is 12.8. The summed E-state index contributed by atoms with van der Waals surface area (Å²) in [6.45, 7) is -0.606. The Kier molecular flexibility index (Phi) is 9.92. The van der Waals surface area contributed by atoms with Crippen molar-refractivity contribution in [1.29, 1.82) is 0 Å². The number of phosphoric ester groups is 2.